The van der Waals surface area contributed by atoms with Crippen molar-refractivity contribution in [3.63, 3.8) is 0 Å². The lowest BCUT2D eigenvalue weighted by molar-refractivity contribution is 0.716. The molecule has 0 saturated carbocycles. The molecule has 2 heterocycles. The van der Waals surface area contributed by atoms with E-state index in [-0.39, 0.29) is 0 Å². The van der Waals surface area contributed by atoms with E-state index in [1.807, 2.05) is 24.4 Å². The Morgan fingerprint density at radius 3 is 2.68 bits per heavy atom. The molecule has 19 heavy (non-hydrogen) atoms. The van der Waals surface area contributed by atoms with Crippen LogP contribution in [-0.2, 0) is 13.0 Å². The van der Waals surface area contributed by atoms with Crippen LogP contribution in [0.25, 0.3) is 11.2 Å². The second-order valence-corrected chi connectivity index (χ2v) is 4.70. The molecule has 0 aliphatic carbocycles. The highest BCUT2D eigenvalue weighted by atomic mass is 15.1. The summed E-state index contributed by atoms with van der Waals surface area (Å²) >= 11 is 0. The molecule has 0 amide bonds. The quantitative estimate of drug-likeness (QED) is 0.711. The van der Waals surface area contributed by atoms with Crippen molar-refractivity contribution in [1.29, 1.82) is 0 Å². The average Bonchev–Trinajstić information content (AvgIpc) is 2.79. The van der Waals surface area contributed by atoms with Crippen molar-refractivity contribution in [2.45, 2.75) is 26.3 Å². The summed E-state index contributed by atoms with van der Waals surface area (Å²) in [6.45, 7) is 3.02. The fourth-order valence-electron chi connectivity index (χ4n) is 2.35. The number of nitrogens with zero attached hydrogens (tertiary/aromatic N) is 3. The molecule has 96 valence electrons. The van der Waals surface area contributed by atoms with Crippen molar-refractivity contribution in [3.05, 3.63) is 60.0 Å². The van der Waals surface area contributed by atoms with E-state index in [2.05, 4.69) is 40.7 Å². The maximum atomic E-state index is 4.70. The van der Waals surface area contributed by atoms with Crippen LogP contribution in [0.3, 0.4) is 0 Å². The van der Waals surface area contributed by atoms with Gasteiger partial charge in [-0.25, -0.2) is 9.97 Å². The van der Waals surface area contributed by atoms with Gasteiger partial charge in [-0.05, 0) is 24.1 Å². The fourth-order valence-corrected chi connectivity index (χ4v) is 2.35. The van der Waals surface area contributed by atoms with E-state index in [9.17, 15) is 0 Å². The van der Waals surface area contributed by atoms with Gasteiger partial charge in [0.15, 0.2) is 5.65 Å². The molecule has 0 spiro atoms. The minimum Gasteiger partial charge on any atom is -0.308 e. The summed E-state index contributed by atoms with van der Waals surface area (Å²) in [7, 11) is 0. The van der Waals surface area contributed by atoms with Crippen LogP contribution in [0, 0.1) is 0 Å². The highest BCUT2D eigenvalue weighted by Crippen LogP contribution is 2.16. The van der Waals surface area contributed by atoms with Gasteiger partial charge in [-0.15, -0.1) is 0 Å². The van der Waals surface area contributed by atoms with E-state index in [1.165, 1.54) is 5.56 Å². The molecular weight excluding hydrogens is 234 g/mol. The molecule has 0 bridgehead atoms. The van der Waals surface area contributed by atoms with Crippen LogP contribution < -0.4 is 0 Å². The van der Waals surface area contributed by atoms with Gasteiger partial charge in [0, 0.05) is 12.6 Å². The van der Waals surface area contributed by atoms with Gasteiger partial charge in [0.2, 0.25) is 0 Å². The predicted molar refractivity (Wildman–Crippen MR) is 77.1 cm³/mol. The summed E-state index contributed by atoms with van der Waals surface area (Å²) in [5, 5.41) is 0. The molecule has 0 atom stereocenters. The number of hydrogen-bond donors (Lipinski definition) is 0. The lowest BCUT2D eigenvalue weighted by atomic mass is 10.2. The Hall–Kier alpha value is -2.16. The van der Waals surface area contributed by atoms with E-state index >= 15 is 0 Å². The number of aryl methyl sites for hydroxylation is 1. The Kier molecular flexibility index (Phi) is 3.27. The Balaban J connectivity index is 2.07. The van der Waals surface area contributed by atoms with Crippen molar-refractivity contribution < 1.29 is 0 Å². The smallest absolute Gasteiger partial charge is 0.160 e. The zero-order valence-corrected chi connectivity index (χ0v) is 11.1. The van der Waals surface area contributed by atoms with Crippen LogP contribution in [0.1, 0.15) is 24.7 Å². The molecule has 0 unspecified atom stereocenters. The first-order chi connectivity index (χ1) is 9.38. The molecule has 3 aromatic rings. The maximum Gasteiger partial charge on any atom is 0.160 e. The second kappa shape index (κ2) is 5.22. The van der Waals surface area contributed by atoms with Crippen LogP contribution in [0.4, 0.5) is 0 Å². The molecule has 3 nitrogen and oxygen atoms in total. The van der Waals surface area contributed by atoms with E-state index in [4.69, 9.17) is 4.98 Å². The predicted octanol–water partition coefficient (Wildman–Crippen LogP) is 3.43. The van der Waals surface area contributed by atoms with Crippen molar-refractivity contribution >= 4 is 11.2 Å². The molecule has 3 heteroatoms. The largest absolute Gasteiger partial charge is 0.308 e. The standard InChI is InChI=1S/C16H17N3/c1-2-7-15-18-14-10-6-11-17-16(14)19(15)12-13-8-4-3-5-9-13/h3-6,8-11H,2,7,12H2,1H3. The first-order valence-electron chi connectivity index (χ1n) is 6.72. The Morgan fingerprint density at radius 2 is 1.89 bits per heavy atom. The van der Waals surface area contributed by atoms with Crippen molar-refractivity contribution in [2.75, 3.05) is 0 Å². The first-order valence-corrected chi connectivity index (χ1v) is 6.72. The van der Waals surface area contributed by atoms with Gasteiger partial charge < -0.3 is 4.57 Å². The molecule has 0 fully saturated rings. The molecule has 0 N–H and O–H groups in total. The summed E-state index contributed by atoms with van der Waals surface area (Å²) in [6, 6.07) is 14.4. The van der Waals surface area contributed by atoms with Gasteiger partial charge in [0.1, 0.15) is 11.3 Å². The van der Waals surface area contributed by atoms with E-state index in [1.54, 1.807) is 0 Å². The van der Waals surface area contributed by atoms with Gasteiger partial charge in [0.05, 0.1) is 6.54 Å². The van der Waals surface area contributed by atoms with Gasteiger partial charge >= 0.3 is 0 Å². The number of rotatable bonds is 4. The summed E-state index contributed by atoms with van der Waals surface area (Å²) < 4.78 is 2.23. The van der Waals surface area contributed by atoms with E-state index in [0.717, 1.165) is 36.4 Å². The third kappa shape index (κ3) is 2.36. The van der Waals surface area contributed by atoms with Crippen LogP contribution >= 0.6 is 0 Å². The second-order valence-electron chi connectivity index (χ2n) is 4.70. The summed E-state index contributed by atoms with van der Waals surface area (Å²) in [5.41, 5.74) is 3.25. The molecule has 0 radical (unpaired) electrons. The number of benzene rings is 1. The molecule has 0 saturated heterocycles. The summed E-state index contributed by atoms with van der Waals surface area (Å²) in [5.74, 6) is 1.13. The lowest BCUT2D eigenvalue weighted by Crippen LogP contribution is -2.05. The van der Waals surface area contributed by atoms with Crippen LogP contribution in [0.15, 0.2) is 48.7 Å². The molecule has 3 rings (SSSR count). The average molecular weight is 251 g/mol. The lowest BCUT2D eigenvalue weighted by Gasteiger charge is -2.08. The molecule has 2 aromatic heterocycles. The zero-order valence-electron chi connectivity index (χ0n) is 11.1. The van der Waals surface area contributed by atoms with E-state index < -0.39 is 0 Å². The van der Waals surface area contributed by atoms with Crippen LogP contribution in [-0.4, -0.2) is 14.5 Å². The highest BCUT2D eigenvalue weighted by Gasteiger charge is 2.10. The number of pyridine rings is 1. The van der Waals surface area contributed by atoms with Crippen molar-refractivity contribution in [3.8, 4) is 0 Å². The topological polar surface area (TPSA) is 30.7 Å². The van der Waals surface area contributed by atoms with Crippen molar-refractivity contribution in [2.24, 2.45) is 0 Å². The van der Waals surface area contributed by atoms with Gasteiger partial charge in [0.25, 0.3) is 0 Å². The maximum absolute atomic E-state index is 4.70. The number of imidazole rings is 1. The third-order valence-electron chi connectivity index (χ3n) is 3.24. The molecule has 1 aromatic carbocycles. The highest BCUT2D eigenvalue weighted by molar-refractivity contribution is 5.71. The molecule has 0 aliphatic heterocycles. The fraction of sp³-hybridized carbons (Fsp3) is 0.250. The monoisotopic (exact) mass is 251 g/mol. The normalized spacial score (nSPS) is 11.0. The van der Waals surface area contributed by atoms with Gasteiger partial charge in [-0.2, -0.15) is 0 Å². The SMILES string of the molecule is CCCc1nc2cccnc2n1Cc1ccccc1. The number of aromatic nitrogens is 3. The third-order valence-corrected chi connectivity index (χ3v) is 3.24. The minimum atomic E-state index is 0.837. The van der Waals surface area contributed by atoms with Crippen LogP contribution in [0.5, 0.6) is 0 Å². The molecular formula is C16H17N3. The Bertz CT molecular complexity index is 671. The Labute approximate surface area is 112 Å². The number of fused-ring (bicyclic) bond motifs is 1. The Morgan fingerprint density at radius 1 is 1.05 bits per heavy atom. The van der Waals surface area contributed by atoms with Crippen molar-refractivity contribution in [1.82, 2.24) is 14.5 Å². The van der Waals surface area contributed by atoms with Gasteiger partial charge in [-0.3, -0.25) is 0 Å². The minimum absolute atomic E-state index is 0.837. The van der Waals surface area contributed by atoms with Crippen LogP contribution in [0.2, 0.25) is 0 Å². The van der Waals surface area contributed by atoms with Gasteiger partial charge in [-0.1, -0.05) is 37.3 Å². The summed E-state index contributed by atoms with van der Waals surface area (Å²) in [6.07, 6.45) is 3.92. The molecule has 0 aliphatic rings. The first kappa shape index (κ1) is 11.9. The summed E-state index contributed by atoms with van der Waals surface area (Å²) in [4.78, 5) is 9.18. The zero-order chi connectivity index (χ0) is 13.1. The number of hydrogen-bond acceptors (Lipinski definition) is 2. The van der Waals surface area contributed by atoms with E-state index in [0.29, 0.717) is 0 Å².